The number of fused-ring (bicyclic) bond motifs is 1. The monoisotopic (exact) mass is 429 g/mol. The lowest BCUT2D eigenvalue weighted by Crippen LogP contribution is -2.29. The van der Waals surface area contributed by atoms with Gasteiger partial charge in [0.25, 0.3) is 5.56 Å². The Morgan fingerprint density at radius 2 is 1.86 bits per heavy atom. The van der Waals surface area contributed by atoms with E-state index in [0.717, 1.165) is 5.56 Å². The summed E-state index contributed by atoms with van der Waals surface area (Å²) in [6, 6.07) is 14.7. The SMILES string of the molecule is CC(C)Cn1c(SC(C(=O)N(C)C)c2ccccc2)nc2ccc(Cl)cc2c1=O. The summed E-state index contributed by atoms with van der Waals surface area (Å²) in [5.41, 5.74) is 1.31. The number of rotatable bonds is 6. The fourth-order valence-electron chi connectivity index (χ4n) is 3.02. The second-order valence-corrected chi connectivity index (χ2v) is 9.02. The number of amides is 1. The Bertz CT molecular complexity index is 1080. The Morgan fingerprint density at radius 3 is 2.48 bits per heavy atom. The molecule has 0 radical (unpaired) electrons. The first-order valence-corrected chi connectivity index (χ1v) is 10.7. The standard InChI is InChI=1S/C22H24ClN3O2S/c1-14(2)13-26-20(27)17-12-16(23)10-11-18(17)24-22(26)29-19(21(28)25(3)4)15-8-6-5-7-9-15/h5-12,14,19H,13H2,1-4H3. The number of benzene rings is 2. The Hall–Kier alpha value is -2.31. The summed E-state index contributed by atoms with van der Waals surface area (Å²) >= 11 is 7.41. The van der Waals surface area contributed by atoms with E-state index in [1.807, 2.05) is 44.2 Å². The van der Waals surface area contributed by atoms with Crippen molar-refractivity contribution in [2.75, 3.05) is 14.1 Å². The highest BCUT2D eigenvalue weighted by atomic mass is 35.5. The highest BCUT2D eigenvalue weighted by molar-refractivity contribution is 8.00. The van der Waals surface area contributed by atoms with Gasteiger partial charge in [0.05, 0.1) is 10.9 Å². The van der Waals surface area contributed by atoms with Gasteiger partial charge in [-0.1, -0.05) is 67.5 Å². The summed E-state index contributed by atoms with van der Waals surface area (Å²) in [5.74, 6) is 0.188. The number of aromatic nitrogens is 2. The van der Waals surface area contributed by atoms with Gasteiger partial charge in [0.2, 0.25) is 5.91 Å². The molecule has 7 heteroatoms. The van der Waals surface area contributed by atoms with E-state index in [9.17, 15) is 9.59 Å². The molecule has 0 bridgehead atoms. The van der Waals surface area contributed by atoms with Crippen LogP contribution in [0.3, 0.4) is 0 Å². The van der Waals surface area contributed by atoms with E-state index in [2.05, 4.69) is 0 Å². The Morgan fingerprint density at radius 1 is 1.17 bits per heavy atom. The summed E-state index contributed by atoms with van der Waals surface area (Å²) in [6.07, 6.45) is 0. The van der Waals surface area contributed by atoms with Gasteiger partial charge in [-0.15, -0.1) is 0 Å². The first-order valence-electron chi connectivity index (χ1n) is 9.40. The predicted octanol–water partition coefficient (Wildman–Crippen LogP) is 4.63. The molecule has 0 aliphatic carbocycles. The van der Waals surface area contributed by atoms with Crippen LogP contribution in [0.4, 0.5) is 0 Å². The minimum Gasteiger partial charge on any atom is -0.348 e. The van der Waals surface area contributed by atoms with E-state index in [4.69, 9.17) is 16.6 Å². The maximum atomic E-state index is 13.2. The molecule has 0 fully saturated rings. The zero-order valence-corrected chi connectivity index (χ0v) is 18.5. The molecule has 0 spiro atoms. The van der Waals surface area contributed by atoms with Crippen LogP contribution in [0.5, 0.6) is 0 Å². The number of nitrogens with zero attached hydrogens (tertiary/aromatic N) is 3. The topological polar surface area (TPSA) is 55.2 Å². The number of carbonyl (C=O) groups excluding carboxylic acids is 1. The van der Waals surface area contributed by atoms with Crippen molar-refractivity contribution >= 4 is 40.2 Å². The molecule has 0 saturated heterocycles. The van der Waals surface area contributed by atoms with Crippen molar-refractivity contribution < 1.29 is 4.79 Å². The molecule has 1 heterocycles. The molecular formula is C22H24ClN3O2S. The molecule has 0 saturated carbocycles. The largest absolute Gasteiger partial charge is 0.348 e. The van der Waals surface area contributed by atoms with Gasteiger partial charge >= 0.3 is 0 Å². The quantitative estimate of drug-likeness (QED) is 0.423. The number of halogens is 1. The van der Waals surface area contributed by atoms with E-state index in [1.54, 1.807) is 41.8 Å². The van der Waals surface area contributed by atoms with E-state index in [0.29, 0.717) is 27.6 Å². The van der Waals surface area contributed by atoms with Crippen molar-refractivity contribution in [2.24, 2.45) is 5.92 Å². The van der Waals surface area contributed by atoms with Crippen LogP contribution in [0.2, 0.25) is 5.02 Å². The first-order chi connectivity index (χ1) is 13.8. The van der Waals surface area contributed by atoms with Crippen molar-refractivity contribution in [3.05, 3.63) is 69.5 Å². The number of hydrogen-bond acceptors (Lipinski definition) is 4. The number of carbonyl (C=O) groups is 1. The third-order valence-corrected chi connectivity index (χ3v) is 5.89. The molecule has 152 valence electrons. The number of hydrogen-bond donors (Lipinski definition) is 0. The van der Waals surface area contributed by atoms with Crippen molar-refractivity contribution in [3.63, 3.8) is 0 Å². The molecule has 2 aromatic carbocycles. The molecule has 29 heavy (non-hydrogen) atoms. The summed E-state index contributed by atoms with van der Waals surface area (Å²) in [7, 11) is 3.46. The zero-order valence-electron chi connectivity index (χ0n) is 16.9. The van der Waals surface area contributed by atoms with Crippen LogP contribution < -0.4 is 5.56 Å². The molecule has 1 aromatic heterocycles. The summed E-state index contributed by atoms with van der Waals surface area (Å²) in [5, 5.41) is 1.01. The van der Waals surface area contributed by atoms with Crippen LogP contribution in [0.25, 0.3) is 10.9 Å². The Labute approximate surface area is 179 Å². The van der Waals surface area contributed by atoms with Crippen LogP contribution in [0.1, 0.15) is 24.7 Å². The molecule has 0 aliphatic rings. The molecule has 3 aromatic rings. The molecule has 0 N–H and O–H groups in total. The van der Waals surface area contributed by atoms with Crippen molar-refractivity contribution in [3.8, 4) is 0 Å². The Balaban J connectivity index is 2.16. The molecule has 0 aliphatic heterocycles. The lowest BCUT2D eigenvalue weighted by molar-refractivity contribution is -0.128. The minimum atomic E-state index is -0.499. The van der Waals surface area contributed by atoms with Gasteiger partial charge in [0, 0.05) is 25.7 Å². The average molecular weight is 430 g/mol. The normalized spacial score (nSPS) is 12.3. The fraction of sp³-hybridized carbons (Fsp3) is 0.318. The average Bonchev–Trinajstić information content (AvgIpc) is 2.69. The molecule has 3 rings (SSSR count). The summed E-state index contributed by atoms with van der Waals surface area (Å²) in [6.45, 7) is 4.60. The van der Waals surface area contributed by atoms with Gasteiger partial charge in [-0.05, 0) is 29.7 Å². The van der Waals surface area contributed by atoms with Crippen LogP contribution in [-0.4, -0.2) is 34.5 Å². The molecule has 1 amide bonds. The molecule has 1 unspecified atom stereocenters. The van der Waals surface area contributed by atoms with Crippen LogP contribution in [0.15, 0.2) is 58.5 Å². The third-order valence-electron chi connectivity index (χ3n) is 4.42. The zero-order chi connectivity index (χ0) is 21.1. The highest BCUT2D eigenvalue weighted by Crippen LogP contribution is 2.36. The first kappa shape index (κ1) is 21.4. The van der Waals surface area contributed by atoms with Gasteiger partial charge in [-0.25, -0.2) is 4.98 Å². The van der Waals surface area contributed by atoms with Crippen LogP contribution in [-0.2, 0) is 11.3 Å². The van der Waals surface area contributed by atoms with Crippen LogP contribution in [0, 0.1) is 5.92 Å². The Kier molecular flexibility index (Phi) is 6.65. The minimum absolute atomic E-state index is 0.0530. The fourth-order valence-corrected chi connectivity index (χ4v) is 4.44. The maximum absolute atomic E-state index is 13.2. The number of likely N-dealkylation sites (N-methyl/N-ethyl adjacent to an activating group) is 1. The van der Waals surface area contributed by atoms with E-state index in [1.165, 1.54) is 11.8 Å². The lowest BCUT2D eigenvalue weighted by Gasteiger charge is -2.22. The van der Waals surface area contributed by atoms with Crippen LogP contribution >= 0.6 is 23.4 Å². The predicted molar refractivity (Wildman–Crippen MR) is 120 cm³/mol. The van der Waals surface area contributed by atoms with Crippen molar-refractivity contribution in [2.45, 2.75) is 30.8 Å². The third kappa shape index (κ3) is 4.82. The highest BCUT2D eigenvalue weighted by Gasteiger charge is 2.26. The smallest absolute Gasteiger partial charge is 0.262 e. The van der Waals surface area contributed by atoms with Crippen molar-refractivity contribution in [1.29, 1.82) is 0 Å². The van der Waals surface area contributed by atoms with Gasteiger partial charge in [-0.3, -0.25) is 14.2 Å². The van der Waals surface area contributed by atoms with E-state index in [-0.39, 0.29) is 17.4 Å². The second-order valence-electron chi connectivity index (χ2n) is 7.51. The molecule has 5 nitrogen and oxygen atoms in total. The van der Waals surface area contributed by atoms with Gasteiger partial charge in [-0.2, -0.15) is 0 Å². The maximum Gasteiger partial charge on any atom is 0.262 e. The summed E-state index contributed by atoms with van der Waals surface area (Å²) in [4.78, 5) is 32.5. The number of thioether (sulfide) groups is 1. The summed E-state index contributed by atoms with van der Waals surface area (Å²) < 4.78 is 1.66. The lowest BCUT2D eigenvalue weighted by atomic mass is 10.1. The van der Waals surface area contributed by atoms with E-state index >= 15 is 0 Å². The molecular weight excluding hydrogens is 406 g/mol. The van der Waals surface area contributed by atoms with Crippen molar-refractivity contribution in [1.82, 2.24) is 14.5 Å². The van der Waals surface area contributed by atoms with E-state index < -0.39 is 5.25 Å². The van der Waals surface area contributed by atoms with Gasteiger partial charge in [0.15, 0.2) is 5.16 Å². The van der Waals surface area contributed by atoms with Gasteiger partial charge < -0.3 is 4.90 Å². The second kappa shape index (κ2) is 9.01. The van der Waals surface area contributed by atoms with Gasteiger partial charge in [0.1, 0.15) is 5.25 Å². The molecule has 1 atom stereocenters.